The zero-order valence-electron chi connectivity index (χ0n) is 6.73. The molecule has 1 unspecified atom stereocenters. The average Bonchev–Trinajstić information content (AvgIpc) is 2.36. The summed E-state index contributed by atoms with van der Waals surface area (Å²) in [6.07, 6.45) is 0. The van der Waals surface area contributed by atoms with Crippen molar-refractivity contribution in [1.82, 2.24) is 5.32 Å². The van der Waals surface area contributed by atoms with Crippen molar-refractivity contribution in [3.63, 3.8) is 0 Å². The van der Waals surface area contributed by atoms with Gasteiger partial charge < -0.3 is 9.73 Å². The third-order valence-electron chi connectivity index (χ3n) is 1.59. The van der Waals surface area contributed by atoms with Gasteiger partial charge in [0.2, 0.25) is 0 Å². The van der Waals surface area contributed by atoms with Crippen molar-refractivity contribution in [1.29, 1.82) is 0 Å². The lowest BCUT2D eigenvalue weighted by atomic mass is 10.1. The maximum absolute atomic E-state index is 5.37. The topological polar surface area (TPSA) is 25.2 Å². The van der Waals surface area contributed by atoms with Crippen LogP contribution in [-0.2, 0) is 0 Å². The fourth-order valence-electron chi connectivity index (χ4n) is 1.000. The first-order chi connectivity index (χ1) is 5.24. The molecule has 1 atom stereocenters. The number of hydrogen-bond donors (Lipinski definition) is 1. The predicted molar refractivity (Wildman–Crippen MR) is 48.7 cm³/mol. The highest BCUT2D eigenvalue weighted by atomic mass is 79.9. The number of hydrogen-bond acceptors (Lipinski definition) is 2. The van der Waals surface area contributed by atoms with Gasteiger partial charge in [0.25, 0.3) is 0 Å². The third kappa shape index (κ3) is 2.34. The Morgan fingerprint density at radius 2 is 2.36 bits per heavy atom. The summed E-state index contributed by atoms with van der Waals surface area (Å²) in [5.41, 5.74) is 0. The van der Waals surface area contributed by atoms with Gasteiger partial charge in [-0.1, -0.05) is 6.92 Å². The summed E-state index contributed by atoms with van der Waals surface area (Å²) in [7, 11) is 1.94. The molecule has 0 aromatic carbocycles. The molecular weight excluding hydrogens is 206 g/mol. The summed E-state index contributed by atoms with van der Waals surface area (Å²) >= 11 is 3.26. The van der Waals surface area contributed by atoms with E-state index < -0.39 is 0 Å². The fourth-order valence-corrected chi connectivity index (χ4v) is 1.32. The average molecular weight is 218 g/mol. The van der Waals surface area contributed by atoms with Crippen molar-refractivity contribution in [2.45, 2.75) is 12.8 Å². The van der Waals surface area contributed by atoms with Crippen LogP contribution >= 0.6 is 15.9 Å². The van der Waals surface area contributed by atoms with E-state index in [2.05, 4.69) is 28.2 Å². The molecule has 1 heterocycles. The predicted octanol–water partition coefficient (Wildman–Crippen LogP) is 2.37. The normalized spacial score (nSPS) is 13.4. The molecule has 11 heavy (non-hydrogen) atoms. The number of nitrogens with one attached hydrogen (secondary N) is 1. The highest BCUT2D eigenvalue weighted by molar-refractivity contribution is 9.10. The molecule has 0 fully saturated rings. The molecule has 0 radical (unpaired) electrons. The van der Waals surface area contributed by atoms with Gasteiger partial charge in [0, 0.05) is 12.5 Å². The monoisotopic (exact) mass is 217 g/mol. The van der Waals surface area contributed by atoms with Crippen LogP contribution in [0.5, 0.6) is 0 Å². The molecule has 0 aliphatic carbocycles. The van der Waals surface area contributed by atoms with Gasteiger partial charge in [-0.25, -0.2) is 0 Å². The molecule has 1 rings (SSSR count). The van der Waals surface area contributed by atoms with Gasteiger partial charge in [0.05, 0.1) is 0 Å². The first-order valence-corrected chi connectivity index (χ1v) is 4.43. The van der Waals surface area contributed by atoms with Crippen LogP contribution in [0.2, 0.25) is 0 Å². The lowest BCUT2D eigenvalue weighted by Crippen LogP contribution is -2.14. The minimum Gasteiger partial charge on any atom is -0.454 e. The number of rotatable bonds is 3. The van der Waals surface area contributed by atoms with Gasteiger partial charge in [-0.05, 0) is 35.1 Å². The van der Waals surface area contributed by atoms with Crippen LogP contribution in [0.3, 0.4) is 0 Å². The van der Waals surface area contributed by atoms with Crippen molar-refractivity contribution < 1.29 is 4.42 Å². The molecule has 1 aromatic heterocycles. The number of halogens is 1. The second kappa shape index (κ2) is 3.93. The van der Waals surface area contributed by atoms with Gasteiger partial charge >= 0.3 is 0 Å². The molecule has 0 saturated carbocycles. The Morgan fingerprint density at radius 3 is 2.82 bits per heavy atom. The maximum atomic E-state index is 5.37. The van der Waals surface area contributed by atoms with E-state index in [9.17, 15) is 0 Å². The van der Waals surface area contributed by atoms with E-state index in [1.807, 2.05) is 19.2 Å². The van der Waals surface area contributed by atoms with E-state index in [1.165, 1.54) is 0 Å². The molecule has 2 nitrogen and oxygen atoms in total. The van der Waals surface area contributed by atoms with Crippen LogP contribution in [-0.4, -0.2) is 13.6 Å². The fraction of sp³-hybridized carbons (Fsp3) is 0.500. The molecule has 0 amide bonds. The third-order valence-corrected chi connectivity index (χ3v) is 2.02. The second-order valence-corrected chi connectivity index (χ2v) is 3.38. The maximum Gasteiger partial charge on any atom is 0.169 e. The summed E-state index contributed by atoms with van der Waals surface area (Å²) < 4.78 is 6.18. The van der Waals surface area contributed by atoms with E-state index in [4.69, 9.17) is 4.42 Å². The molecular formula is C8H12BrNO. The number of furan rings is 1. The lowest BCUT2D eigenvalue weighted by Gasteiger charge is -2.05. The van der Waals surface area contributed by atoms with Crippen molar-refractivity contribution in [2.24, 2.45) is 0 Å². The molecule has 3 heteroatoms. The summed E-state index contributed by atoms with van der Waals surface area (Å²) in [4.78, 5) is 0. The minimum atomic E-state index is 0.436. The quantitative estimate of drug-likeness (QED) is 0.842. The zero-order valence-corrected chi connectivity index (χ0v) is 8.31. The Labute approximate surface area is 75.1 Å². The molecule has 1 aromatic rings. The van der Waals surface area contributed by atoms with Gasteiger partial charge in [-0.2, -0.15) is 0 Å². The Balaban J connectivity index is 2.60. The summed E-state index contributed by atoms with van der Waals surface area (Å²) in [5.74, 6) is 1.46. The van der Waals surface area contributed by atoms with E-state index in [1.54, 1.807) is 0 Å². The first-order valence-electron chi connectivity index (χ1n) is 3.64. The highest BCUT2D eigenvalue weighted by Crippen LogP contribution is 2.20. The number of likely N-dealkylation sites (N-methyl/N-ethyl adjacent to an activating group) is 1. The Bertz CT molecular complexity index is 222. The van der Waals surface area contributed by atoms with Crippen molar-refractivity contribution >= 4 is 15.9 Å². The lowest BCUT2D eigenvalue weighted by molar-refractivity contribution is 0.450. The largest absolute Gasteiger partial charge is 0.454 e. The van der Waals surface area contributed by atoms with Crippen molar-refractivity contribution in [3.05, 3.63) is 22.6 Å². The standard InChI is InChI=1S/C8H12BrNO/c1-6(5-10-2)7-3-4-8(9)11-7/h3-4,6,10H,5H2,1-2H3. The van der Waals surface area contributed by atoms with E-state index >= 15 is 0 Å². The zero-order chi connectivity index (χ0) is 8.27. The summed E-state index contributed by atoms with van der Waals surface area (Å²) in [5, 5.41) is 3.10. The van der Waals surface area contributed by atoms with Crippen LogP contribution in [0.4, 0.5) is 0 Å². The first kappa shape index (κ1) is 8.81. The van der Waals surface area contributed by atoms with E-state index in [-0.39, 0.29) is 0 Å². The minimum absolute atomic E-state index is 0.436. The second-order valence-electron chi connectivity index (χ2n) is 2.60. The highest BCUT2D eigenvalue weighted by Gasteiger charge is 2.07. The van der Waals surface area contributed by atoms with Crippen LogP contribution in [0.1, 0.15) is 18.6 Å². The Morgan fingerprint density at radius 1 is 1.64 bits per heavy atom. The van der Waals surface area contributed by atoms with Gasteiger partial charge in [0.1, 0.15) is 5.76 Å². The molecule has 0 saturated heterocycles. The molecule has 1 N–H and O–H groups in total. The van der Waals surface area contributed by atoms with Crippen molar-refractivity contribution in [3.8, 4) is 0 Å². The van der Waals surface area contributed by atoms with Crippen LogP contribution in [0.15, 0.2) is 21.2 Å². The van der Waals surface area contributed by atoms with E-state index in [0.717, 1.165) is 17.0 Å². The van der Waals surface area contributed by atoms with Gasteiger partial charge in [0.15, 0.2) is 4.67 Å². The van der Waals surface area contributed by atoms with Crippen molar-refractivity contribution in [2.75, 3.05) is 13.6 Å². The van der Waals surface area contributed by atoms with Gasteiger partial charge in [-0.15, -0.1) is 0 Å². The molecule has 0 bridgehead atoms. The molecule has 62 valence electrons. The van der Waals surface area contributed by atoms with Crippen LogP contribution in [0.25, 0.3) is 0 Å². The van der Waals surface area contributed by atoms with Crippen LogP contribution < -0.4 is 5.32 Å². The summed E-state index contributed by atoms with van der Waals surface area (Å²) in [6.45, 7) is 3.07. The van der Waals surface area contributed by atoms with Gasteiger partial charge in [-0.3, -0.25) is 0 Å². The smallest absolute Gasteiger partial charge is 0.169 e. The van der Waals surface area contributed by atoms with Crippen LogP contribution in [0, 0.1) is 0 Å². The Kier molecular flexibility index (Phi) is 3.15. The molecule has 0 aliphatic rings. The summed E-state index contributed by atoms with van der Waals surface area (Å²) in [6, 6.07) is 3.91. The molecule has 0 spiro atoms. The SMILES string of the molecule is CNCC(C)c1ccc(Br)o1. The van der Waals surface area contributed by atoms with E-state index in [0.29, 0.717) is 5.92 Å². The molecule has 0 aliphatic heterocycles. The Hall–Kier alpha value is -0.280.